The molecule has 0 radical (unpaired) electrons. The maximum Gasteiger partial charge on any atom is 0.0457 e. The standard InChI is InChI=1S/C17H26N2S/c1-3-4-5-6-10-18-11-9-14-13-19-17-8-7-15(20-2)12-16(14)17/h7-8,12-13,18-19H,3-6,9-11H2,1-2H3. The summed E-state index contributed by atoms with van der Waals surface area (Å²) in [5.41, 5.74) is 2.68. The number of benzene rings is 1. The first kappa shape index (κ1) is 15.5. The minimum atomic E-state index is 1.07. The molecule has 1 aromatic carbocycles. The van der Waals surface area contributed by atoms with Crippen molar-refractivity contribution >= 4 is 22.7 Å². The van der Waals surface area contributed by atoms with Gasteiger partial charge in [0.25, 0.3) is 0 Å². The quantitative estimate of drug-likeness (QED) is 0.521. The van der Waals surface area contributed by atoms with Crippen molar-refractivity contribution in [2.24, 2.45) is 0 Å². The summed E-state index contributed by atoms with van der Waals surface area (Å²) in [5.74, 6) is 0. The zero-order valence-corrected chi connectivity index (χ0v) is 13.5. The minimum absolute atomic E-state index is 1.07. The molecule has 2 rings (SSSR count). The molecule has 3 heteroatoms. The van der Waals surface area contributed by atoms with Gasteiger partial charge in [0, 0.05) is 22.0 Å². The Labute approximate surface area is 126 Å². The number of hydrogen-bond donors (Lipinski definition) is 2. The summed E-state index contributed by atoms with van der Waals surface area (Å²) in [6, 6.07) is 6.66. The second-order valence-corrected chi connectivity index (χ2v) is 6.17. The van der Waals surface area contributed by atoms with Gasteiger partial charge in [0.1, 0.15) is 0 Å². The zero-order chi connectivity index (χ0) is 14.2. The average Bonchev–Trinajstić information content (AvgIpc) is 2.88. The minimum Gasteiger partial charge on any atom is -0.361 e. The van der Waals surface area contributed by atoms with Crippen LogP contribution in [0.15, 0.2) is 29.3 Å². The molecule has 0 aliphatic rings. The largest absolute Gasteiger partial charge is 0.361 e. The first-order valence-corrected chi connectivity index (χ1v) is 8.92. The van der Waals surface area contributed by atoms with Crippen molar-refractivity contribution in [1.29, 1.82) is 0 Å². The van der Waals surface area contributed by atoms with Gasteiger partial charge in [0.15, 0.2) is 0 Å². The summed E-state index contributed by atoms with van der Waals surface area (Å²) in [6.45, 7) is 4.48. The number of fused-ring (bicyclic) bond motifs is 1. The van der Waals surface area contributed by atoms with Crippen LogP contribution in [0.4, 0.5) is 0 Å². The van der Waals surface area contributed by atoms with E-state index in [4.69, 9.17) is 0 Å². The first-order valence-electron chi connectivity index (χ1n) is 7.70. The molecule has 0 atom stereocenters. The van der Waals surface area contributed by atoms with Gasteiger partial charge in [-0.25, -0.2) is 0 Å². The Hall–Kier alpha value is -0.930. The number of nitrogens with one attached hydrogen (secondary N) is 2. The normalized spacial score (nSPS) is 11.3. The van der Waals surface area contributed by atoms with Gasteiger partial charge in [-0.05, 0) is 55.9 Å². The summed E-state index contributed by atoms with van der Waals surface area (Å²) < 4.78 is 0. The maximum absolute atomic E-state index is 3.56. The van der Waals surface area contributed by atoms with E-state index in [9.17, 15) is 0 Å². The molecular formula is C17H26N2S. The summed E-state index contributed by atoms with van der Waals surface area (Å²) in [5, 5.41) is 4.94. The number of aromatic nitrogens is 1. The molecular weight excluding hydrogens is 264 g/mol. The molecule has 1 aromatic heterocycles. The molecule has 0 spiro atoms. The fourth-order valence-electron chi connectivity index (χ4n) is 2.52. The van der Waals surface area contributed by atoms with Crippen LogP contribution in [0.1, 0.15) is 38.2 Å². The van der Waals surface area contributed by atoms with Gasteiger partial charge in [-0.3, -0.25) is 0 Å². The third-order valence-electron chi connectivity index (χ3n) is 3.75. The monoisotopic (exact) mass is 290 g/mol. The molecule has 2 aromatic rings. The Kier molecular flexibility index (Phi) is 6.48. The van der Waals surface area contributed by atoms with E-state index in [1.807, 2.05) is 0 Å². The summed E-state index contributed by atoms with van der Waals surface area (Å²) in [4.78, 5) is 4.71. The van der Waals surface area contributed by atoms with Crippen LogP contribution in [0.2, 0.25) is 0 Å². The van der Waals surface area contributed by atoms with E-state index in [-0.39, 0.29) is 0 Å². The van der Waals surface area contributed by atoms with E-state index < -0.39 is 0 Å². The highest BCUT2D eigenvalue weighted by molar-refractivity contribution is 7.98. The third kappa shape index (κ3) is 4.29. The Morgan fingerprint density at radius 3 is 2.85 bits per heavy atom. The molecule has 0 fully saturated rings. The topological polar surface area (TPSA) is 27.8 Å². The van der Waals surface area contributed by atoms with Crippen LogP contribution in [-0.2, 0) is 6.42 Å². The Morgan fingerprint density at radius 1 is 1.15 bits per heavy atom. The second-order valence-electron chi connectivity index (χ2n) is 5.29. The van der Waals surface area contributed by atoms with Gasteiger partial charge in [0.2, 0.25) is 0 Å². The lowest BCUT2D eigenvalue weighted by Gasteiger charge is -2.04. The molecule has 110 valence electrons. The molecule has 2 N–H and O–H groups in total. The number of hydrogen-bond acceptors (Lipinski definition) is 2. The average molecular weight is 290 g/mol. The van der Waals surface area contributed by atoms with E-state index >= 15 is 0 Å². The van der Waals surface area contributed by atoms with E-state index in [2.05, 4.69) is 47.9 Å². The summed E-state index contributed by atoms with van der Waals surface area (Å²) in [6.07, 6.45) is 10.7. The number of H-pyrrole nitrogens is 1. The highest BCUT2D eigenvalue weighted by Crippen LogP contribution is 2.24. The second kappa shape index (κ2) is 8.38. The van der Waals surface area contributed by atoms with Crippen molar-refractivity contribution in [2.75, 3.05) is 19.3 Å². The van der Waals surface area contributed by atoms with Crippen LogP contribution in [0.3, 0.4) is 0 Å². The van der Waals surface area contributed by atoms with Crippen LogP contribution >= 0.6 is 11.8 Å². The number of unbranched alkanes of at least 4 members (excludes halogenated alkanes) is 3. The maximum atomic E-state index is 3.56. The molecule has 0 saturated heterocycles. The molecule has 0 aliphatic heterocycles. The predicted molar refractivity (Wildman–Crippen MR) is 90.8 cm³/mol. The highest BCUT2D eigenvalue weighted by atomic mass is 32.2. The van der Waals surface area contributed by atoms with Gasteiger partial charge in [-0.15, -0.1) is 11.8 Å². The molecule has 20 heavy (non-hydrogen) atoms. The van der Waals surface area contributed by atoms with E-state index in [1.54, 1.807) is 11.8 Å². The molecule has 0 saturated carbocycles. The Bertz CT molecular complexity index is 519. The smallest absolute Gasteiger partial charge is 0.0457 e. The number of thioether (sulfide) groups is 1. The first-order chi connectivity index (χ1) is 9.85. The highest BCUT2D eigenvalue weighted by Gasteiger charge is 2.04. The van der Waals surface area contributed by atoms with Crippen molar-refractivity contribution < 1.29 is 0 Å². The Morgan fingerprint density at radius 2 is 2.05 bits per heavy atom. The number of rotatable bonds is 9. The lowest BCUT2D eigenvalue weighted by atomic mass is 10.1. The van der Waals surface area contributed by atoms with Crippen molar-refractivity contribution in [2.45, 2.75) is 43.9 Å². The summed E-state index contributed by atoms with van der Waals surface area (Å²) in [7, 11) is 0. The lowest BCUT2D eigenvalue weighted by Crippen LogP contribution is -2.18. The Balaban J connectivity index is 1.81. The van der Waals surface area contributed by atoms with Crippen molar-refractivity contribution in [3.63, 3.8) is 0 Å². The molecule has 1 heterocycles. The molecule has 0 bridgehead atoms. The van der Waals surface area contributed by atoms with E-state index in [0.29, 0.717) is 0 Å². The lowest BCUT2D eigenvalue weighted by molar-refractivity contribution is 0.599. The van der Waals surface area contributed by atoms with Gasteiger partial charge in [-0.1, -0.05) is 26.2 Å². The molecule has 2 nitrogen and oxygen atoms in total. The SMILES string of the molecule is CCCCCCNCCc1c[nH]c2ccc(SC)cc12. The van der Waals surface area contributed by atoms with Gasteiger partial charge in [0.05, 0.1) is 0 Å². The number of aromatic amines is 1. The van der Waals surface area contributed by atoms with E-state index in [1.165, 1.54) is 47.0 Å². The third-order valence-corrected chi connectivity index (χ3v) is 4.48. The molecule has 0 aliphatic carbocycles. The van der Waals surface area contributed by atoms with Crippen molar-refractivity contribution in [3.05, 3.63) is 30.0 Å². The van der Waals surface area contributed by atoms with Crippen LogP contribution in [0.25, 0.3) is 10.9 Å². The fraction of sp³-hybridized carbons (Fsp3) is 0.529. The summed E-state index contributed by atoms with van der Waals surface area (Å²) >= 11 is 1.81. The zero-order valence-electron chi connectivity index (χ0n) is 12.7. The van der Waals surface area contributed by atoms with Crippen molar-refractivity contribution in [1.82, 2.24) is 10.3 Å². The van der Waals surface area contributed by atoms with Gasteiger partial charge < -0.3 is 10.3 Å². The van der Waals surface area contributed by atoms with Crippen LogP contribution in [0.5, 0.6) is 0 Å². The van der Waals surface area contributed by atoms with Crippen LogP contribution in [-0.4, -0.2) is 24.3 Å². The van der Waals surface area contributed by atoms with Crippen LogP contribution < -0.4 is 5.32 Å². The molecule has 0 unspecified atom stereocenters. The van der Waals surface area contributed by atoms with Gasteiger partial charge >= 0.3 is 0 Å². The fourth-order valence-corrected chi connectivity index (χ4v) is 2.96. The van der Waals surface area contributed by atoms with E-state index in [0.717, 1.165) is 19.5 Å². The van der Waals surface area contributed by atoms with Gasteiger partial charge in [-0.2, -0.15) is 0 Å². The van der Waals surface area contributed by atoms with Crippen LogP contribution in [0, 0.1) is 0 Å². The predicted octanol–water partition coefficient (Wildman–Crippen LogP) is 4.60. The van der Waals surface area contributed by atoms with Crippen molar-refractivity contribution in [3.8, 4) is 0 Å². The molecule has 0 amide bonds.